The number of likely N-dealkylation sites (N-methyl/N-ethyl adjacent to an activating group) is 1. The van der Waals surface area contributed by atoms with E-state index in [1.807, 2.05) is 21.1 Å². The molecule has 2 unspecified atom stereocenters. The van der Waals surface area contributed by atoms with Crippen LogP contribution in [0.25, 0.3) is 0 Å². The number of carbonyl (C=O) groups is 2. The molecule has 0 aromatic heterocycles. The van der Waals surface area contributed by atoms with E-state index >= 15 is 0 Å². The minimum absolute atomic E-state index is 0.0357. The normalized spacial score (nSPS) is 13.7. The first-order chi connectivity index (χ1) is 25.7. The van der Waals surface area contributed by atoms with Crippen LogP contribution in [-0.2, 0) is 32.7 Å². The second-order valence-electron chi connectivity index (χ2n) is 17.8. The van der Waals surface area contributed by atoms with Gasteiger partial charge in [-0.15, -0.1) is 0 Å². The molecule has 2 atom stereocenters. The highest BCUT2D eigenvalue weighted by Gasteiger charge is 2.27. The summed E-state index contributed by atoms with van der Waals surface area (Å²) < 4.78 is 34.3. The molecule has 9 nitrogen and oxygen atoms in total. The number of hydrogen-bond donors (Lipinski definition) is 1. The van der Waals surface area contributed by atoms with Crippen molar-refractivity contribution in [2.45, 2.75) is 214 Å². The number of unbranched alkanes of at least 4 members (excludes halogenated alkanes) is 22. The Bertz CT molecular complexity index is 923. The Morgan fingerprint density at radius 1 is 0.519 bits per heavy atom. The summed E-state index contributed by atoms with van der Waals surface area (Å²) >= 11 is 0. The van der Waals surface area contributed by atoms with Crippen LogP contribution in [0, 0.1) is 11.8 Å². The molecule has 0 saturated heterocycles. The standard InChI is InChI=1S/C44H88NO8P/c1-40(2)32-28-24-20-16-12-8-10-14-18-22-26-30-34-43(46)50-38-42(39-52-54(48,49)51-37-36-45(5,6)7)53-44(47)35-31-27-23-19-15-11-9-13-17-21-25-29-33-41(3)4/h40-42H,8-39H2,1-7H3/p+1. The largest absolute Gasteiger partial charge is 0.472 e. The molecule has 0 aliphatic carbocycles. The van der Waals surface area contributed by atoms with Crippen LogP contribution in [0.1, 0.15) is 207 Å². The van der Waals surface area contributed by atoms with Crippen molar-refractivity contribution in [2.75, 3.05) is 47.5 Å². The molecule has 0 heterocycles. The molecule has 0 radical (unpaired) electrons. The van der Waals surface area contributed by atoms with Gasteiger partial charge in [-0.3, -0.25) is 18.6 Å². The number of rotatable bonds is 40. The molecule has 10 heteroatoms. The van der Waals surface area contributed by atoms with Crippen LogP contribution >= 0.6 is 7.82 Å². The van der Waals surface area contributed by atoms with E-state index in [9.17, 15) is 19.0 Å². The number of hydrogen-bond acceptors (Lipinski definition) is 7. The summed E-state index contributed by atoms with van der Waals surface area (Å²) in [5.41, 5.74) is 0. The van der Waals surface area contributed by atoms with Crippen molar-refractivity contribution in [1.29, 1.82) is 0 Å². The summed E-state index contributed by atoms with van der Waals surface area (Å²) in [6.07, 6.45) is 31.5. The Kier molecular flexibility index (Phi) is 34.5. The molecule has 54 heavy (non-hydrogen) atoms. The van der Waals surface area contributed by atoms with Crippen LogP contribution in [0.4, 0.5) is 0 Å². The fourth-order valence-corrected chi connectivity index (χ4v) is 7.18. The lowest BCUT2D eigenvalue weighted by Crippen LogP contribution is -2.37. The molecule has 1 N–H and O–H groups in total. The third kappa shape index (κ3) is 40.7. The number of phosphoric ester groups is 1. The molecule has 0 aliphatic rings. The molecule has 0 rings (SSSR count). The molecule has 322 valence electrons. The van der Waals surface area contributed by atoms with E-state index in [1.165, 1.54) is 128 Å². The zero-order valence-corrected chi connectivity index (χ0v) is 37.5. The number of esters is 2. The maximum absolute atomic E-state index is 12.7. The Morgan fingerprint density at radius 3 is 1.24 bits per heavy atom. The van der Waals surface area contributed by atoms with Crippen molar-refractivity contribution < 1.29 is 42.1 Å². The third-order valence-corrected chi connectivity index (χ3v) is 11.0. The summed E-state index contributed by atoms with van der Waals surface area (Å²) in [5, 5.41) is 0. The summed E-state index contributed by atoms with van der Waals surface area (Å²) in [7, 11) is 1.49. The molecule has 0 fully saturated rings. The number of carbonyl (C=O) groups excluding carboxylic acids is 2. The molecule has 0 aliphatic heterocycles. The Hall–Kier alpha value is -0.990. The smallest absolute Gasteiger partial charge is 0.462 e. The topological polar surface area (TPSA) is 108 Å². The van der Waals surface area contributed by atoms with Gasteiger partial charge in [0.2, 0.25) is 0 Å². The first-order valence-electron chi connectivity index (χ1n) is 22.5. The van der Waals surface area contributed by atoms with Crippen LogP contribution in [0.15, 0.2) is 0 Å². The zero-order chi connectivity index (χ0) is 40.3. The molecule has 0 aromatic carbocycles. The quantitative estimate of drug-likeness (QED) is 0.0283. The molecular formula is C44H89NO8P+. The van der Waals surface area contributed by atoms with E-state index in [-0.39, 0.29) is 25.6 Å². The number of nitrogens with zero attached hydrogens (tertiary/aromatic N) is 1. The third-order valence-electron chi connectivity index (χ3n) is 9.99. The van der Waals surface area contributed by atoms with Gasteiger partial charge in [-0.25, -0.2) is 4.57 Å². The van der Waals surface area contributed by atoms with Gasteiger partial charge in [-0.2, -0.15) is 0 Å². The average molecular weight is 791 g/mol. The monoisotopic (exact) mass is 791 g/mol. The maximum atomic E-state index is 12.7. The van der Waals surface area contributed by atoms with Crippen molar-refractivity contribution >= 4 is 19.8 Å². The average Bonchev–Trinajstić information content (AvgIpc) is 3.08. The van der Waals surface area contributed by atoms with Gasteiger partial charge in [0.05, 0.1) is 27.7 Å². The minimum Gasteiger partial charge on any atom is -0.462 e. The lowest BCUT2D eigenvalue weighted by Gasteiger charge is -2.24. The van der Waals surface area contributed by atoms with Crippen LogP contribution in [0.3, 0.4) is 0 Å². The number of ether oxygens (including phenoxy) is 2. The van der Waals surface area contributed by atoms with Gasteiger partial charge < -0.3 is 18.9 Å². The summed E-state index contributed by atoms with van der Waals surface area (Å²) in [4.78, 5) is 35.4. The molecule has 0 aromatic rings. The number of phosphoric acid groups is 1. The second-order valence-corrected chi connectivity index (χ2v) is 19.2. The van der Waals surface area contributed by atoms with E-state index in [2.05, 4.69) is 27.7 Å². The molecule has 0 bridgehead atoms. The Labute approximate surface area is 334 Å². The molecule has 0 spiro atoms. The fourth-order valence-electron chi connectivity index (χ4n) is 6.44. The van der Waals surface area contributed by atoms with Crippen molar-refractivity contribution in [3.8, 4) is 0 Å². The van der Waals surface area contributed by atoms with Gasteiger partial charge in [0.25, 0.3) is 0 Å². The first-order valence-corrected chi connectivity index (χ1v) is 24.0. The van der Waals surface area contributed by atoms with Gasteiger partial charge >= 0.3 is 19.8 Å². The van der Waals surface area contributed by atoms with Crippen molar-refractivity contribution in [3.63, 3.8) is 0 Å². The van der Waals surface area contributed by atoms with Crippen molar-refractivity contribution in [2.24, 2.45) is 11.8 Å². The summed E-state index contributed by atoms with van der Waals surface area (Å²) in [6.45, 7) is 9.13. The van der Waals surface area contributed by atoms with E-state index < -0.39 is 26.5 Å². The van der Waals surface area contributed by atoms with Gasteiger partial charge in [-0.1, -0.05) is 182 Å². The summed E-state index contributed by atoms with van der Waals surface area (Å²) in [5.74, 6) is 0.853. The Balaban J connectivity index is 4.31. The van der Waals surface area contributed by atoms with E-state index in [4.69, 9.17) is 18.5 Å². The van der Waals surface area contributed by atoms with Gasteiger partial charge in [0.15, 0.2) is 6.10 Å². The predicted octanol–water partition coefficient (Wildman–Crippen LogP) is 12.5. The first kappa shape index (κ1) is 53.0. The van der Waals surface area contributed by atoms with Crippen LogP contribution in [0.2, 0.25) is 0 Å². The second kappa shape index (κ2) is 35.2. The fraction of sp³-hybridized carbons (Fsp3) is 0.955. The molecule has 0 saturated carbocycles. The predicted molar refractivity (Wildman–Crippen MR) is 224 cm³/mol. The highest BCUT2D eigenvalue weighted by atomic mass is 31.2. The van der Waals surface area contributed by atoms with Crippen molar-refractivity contribution in [3.05, 3.63) is 0 Å². The lowest BCUT2D eigenvalue weighted by molar-refractivity contribution is -0.870. The highest BCUT2D eigenvalue weighted by molar-refractivity contribution is 7.47. The number of quaternary nitrogens is 1. The van der Waals surface area contributed by atoms with Crippen LogP contribution in [0.5, 0.6) is 0 Å². The van der Waals surface area contributed by atoms with Gasteiger partial charge in [0, 0.05) is 12.8 Å². The minimum atomic E-state index is -4.37. The highest BCUT2D eigenvalue weighted by Crippen LogP contribution is 2.43. The van der Waals surface area contributed by atoms with E-state index in [0.29, 0.717) is 23.9 Å². The summed E-state index contributed by atoms with van der Waals surface area (Å²) in [6, 6.07) is 0. The molecule has 0 amide bonds. The van der Waals surface area contributed by atoms with Crippen molar-refractivity contribution in [1.82, 2.24) is 0 Å². The zero-order valence-electron chi connectivity index (χ0n) is 36.6. The molecular weight excluding hydrogens is 701 g/mol. The van der Waals surface area contributed by atoms with E-state index in [1.54, 1.807) is 0 Å². The Morgan fingerprint density at radius 2 is 0.870 bits per heavy atom. The van der Waals surface area contributed by atoms with Gasteiger partial charge in [0.1, 0.15) is 19.8 Å². The maximum Gasteiger partial charge on any atom is 0.472 e. The lowest BCUT2D eigenvalue weighted by atomic mass is 10.0. The SMILES string of the molecule is CC(C)CCCCCCCCCCCCCCC(=O)OCC(COP(=O)(O)OCC[N+](C)(C)C)OC(=O)CCCCCCCCCCCCCCC(C)C. The van der Waals surface area contributed by atoms with Gasteiger partial charge in [-0.05, 0) is 24.7 Å². The van der Waals surface area contributed by atoms with Crippen LogP contribution < -0.4 is 0 Å². The van der Waals surface area contributed by atoms with Crippen LogP contribution in [-0.4, -0.2) is 74.9 Å². The van der Waals surface area contributed by atoms with E-state index in [0.717, 1.165) is 43.9 Å².